The minimum absolute atomic E-state index is 0.111. The average Bonchev–Trinajstić information content (AvgIpc) is 1.85. The van der Waals surface area contributed by atoms with Crippen LogP contribution >= 0.6 is 11.6 Å². The van der Waals surface area contributed by atoms with Crippen LogP contribution in [0.5, 0.6) is 5.75 Å². The van der Waals surface area contributed by atoms with E-state index in [2.05, 4.69) is 0 Å². The molecule has 3 heteroatoms. The molecule has 1 rings (SSSR count). The van der Waals surface area contributed by atoms with Gasteiger partial charge in [0.05, 0.1) is 11.1 Å². The highest BCUT2D eigenvalue weighted by Crippen LogP contribution is 2.25. The molecule has 0 aromatic heterocycles. The number of hydrogen-bond acceptors (Lipinski definition) is 2. The molecule has 1 aromatic carbocycles. The number of aromatic hydroxyl groups is 1. The van der Waals surface area contributed by atoms with E-state index in [0.29, 0.717) is 10.6 Å². The second-order valence-corrected chi connectivity index (χ2v) is 2.79. The van der Waals surface area contributed by atoms with E-state index in [4.69, 9.17) is 21.8 Å². The Morgan fingerprint density at radius 3 is 2.55 bits per heavy atom. The first-order valence-corrected chi connectivity index (χ1v) is 3.65. The first kappa shape index (κ1) is 8.37. The summed E-state index contributed by atoms with van der Waals surface area (Å²) >= 11 is 5.70. The molecule has 0 spiro atoms. The minimum atomic E-state index is -0.594. The first-order chi connectivity index (χ1) is 5.11. The van der Waals surface area contributed by atoms with Crippen molar-refractivity contribution in [2.75, 3.05) is 0 Å². The fourth-order valence-corrected chi connectivity index (χ4v) is 1.19. The topological polar surface area (TPSA) is 40.5 Å². The van der Waals surface area contributed by atoms with E-state index in [1.54, 1.807) is 13.0 Å². The van der Waals surface area contributed by atoms with Crippen molar-refractivity contribution in [3.05, 3.63) is 28.8 Å². The summed E-state index contributed by atoms with van der Waals surface area (Å²) in [5.41, 5.74) is 0.629. The summed E-state index contributed by atoms with van der Waals surface area (Å²) in [6.45, 7) is 1.62. The Labute approximate surface area is 70.1 Å². The van der Waals surface area contributed by atoms with Gasteiger partial charge in [-0.1, -0.05) is 17.7 Å². The van der Waals surface area contributed by atoms with Crippen LogP contribution in [-0.2, 0) is 0 Å². The lowest BCUT2D eigenvalue weighted by Crippen LogP contribution is -1.90. The van der Waals surface area contributed by atoms with Gasteiger partial charge < -0.3 is 10.2 Å². The SMILES string of the molecule is CC(O)c1ccc(O)cc1Cl. The number of benzene rings is 1. The van der Waals surface area contributed by atoms with E-state index in [1.807, 2.05) is 0 Å². The summed E-state index contributed by atoms with van der Waals surface area (Å²) in [4.78, 5) is 0. The van der Waals surface area contributed by atoms with E-state index in [1.165, 1.54) is 12.1 Å². The lowest BCUT2D eigenvalue weighted by Gasteiger charge is -2.06. The summed E-state index contributed by atoms with van der Waals surface area (Å²) in [6, 6.07) is 4.50. The molecule has 0 heterocycles. The van der Waals surface area contributed by atoms with Gasteiger partial charge in [-0.25, -0.2) is 0 Å². The predicted molar refractivity (Wildman–Crippen MR) is 43.8 cm³/mol. The second-order valence-electron chi connectivity index (χ2n) is 2.38. The molecule has 0 saturated heterocycles. The molecule has 0 aliphatic carbocycles. The smallest absolute Gasteiger partial charge is 0.117 e. The molecule has 1 atom stereocenters. The van der Waals surface area contributed by atoms with Crippen LogP contribution in [0.2, 0.25) is 5.02 Å². The molecular formula is C8H9ClO2. The average molecular weight is 173 g/mol. The maximum absolute atomic E-state index is 9.13. The van der Waals surface area contributed by atoms with Crippen LogP contribution in [0, 0.1) is 0 Å². The molecule has 0 amide bonds. The van der Waals surface area contributed by atoms with Crippen molar-refractivity contribution in [1.29, 1.82) is 0 Å². The van der Waals surface area contributed by atoms with Crippen LogP contribution in [0.15, 0.2) is 18.2 Å². The van der Waals surface area contributed by atoms with Crippen LogP contribution in [0.4, 0.5) is 0 Å². The Hall–Kier alpha value is -0.730. The molecular weight excluding hydrogens is 164 g/mol. The molecule has 0 radical (unpaired) electrons. The standard InChI is InChI=1S/C8H9ClO2/c1-5(10)7-3-2-6(11)4-8(7)9/h2-5,10-11H,1H3. The van der Waals surface area contributed by atoms with Crippen molar-refractivity contribution in [1.82, 2.24) is 0 Å². The summed E-state index contributed by atoms with van der Waals surface area (Å²) < 4.78 is 0. The summed E-state index contributed by atoms with van der Waals surface area (Å²) in [6.07, 6.45) is -0.594. The zero-order valence-electron chi connectivity index (χ0n) is 6.08. The molecule has 2 nitrogen and oxygen atoms in total. The van der Waals surface area contributed by atoms with Gasteiger partial charge in [-0.05, 0) is 24.6 Å². The fourth-order valence-electron chi connectivity index (χ4n) is 0.855. The van der Waals surface area contributed by atoms with Crippen LogP contribution < -0.4 is 0 Å². The van der Waals surface area contributed by atoms with Gasteiger partial charge in [0, 0.05) is 0 Å². The minimum Gasteiger partial charge on any atom is -0.508 e. The highest BCUT2D eigenvalue weighted by molar-refractivity contribution is 6.31. The van der Waals surface area contributed by atoms with Crippen LogP contribution in [-0.4, -0.2) is 10.2 Å². The van der Waals surface area contributed by atoms with E-state index in [0.717, 1.165) is 0 Å². The third-order valence-corrected chi connectivity index (χ3v) is 1.76. The number of aliphatic hydroxyl groups excluding tert-OH is 1. The molecule has 11 heavy (non-hydrogen) atoms. The van der Waals surface area contributed by atoms with Crippen molar-refractivity contribution in [2.24, 2.45) is 0 Å². The number of halogens is 1. The van der Waals surface area contributed by atoms with Crippen LogP contribution in [0.3, 0.4) is 0 Å². The molecule has 0 fully saturated rings. The van der Waals surface area contributed by atoms with E-state index in [9.17, 15) is 0 Å². The number of aliphatic hydroxyl groups is 1. The Bertz CT molecular complexity index is 258. The number of rotatable bonds is 1. The lowest BCUT2D eigenvalue weighted by molar-refractivity contribution is 0.199. The van der Waals surface area contributed by atoms with Crippen LogP contribution in [0.1, 0.15) is 18.6 Å². The van der Waals surface area contributed by atoms with Gasteiger partial charge >= 0.3 is 0 Å². The van der Waals surface area contributed by atoms with Gasteiger partial charge in [-0.3, -0.25) is 0 Å². The fraction of sp³-hybridized carbons (Fsp3) is 0.250. The zero-order valence-corrected chi connectivity index (χ0v) is 6.84. The van der Waals surface area contributed by atoms with E-state index >= 15 is 0 Å². The molecule has 0 bridgehead atoms. The molecule has 60 valence electrons. The van der Waals surface area contributed by atoms with E-state index in [-0.39, 0.29) is 5.75 Å². The van der Waals surface area contributed by atoms with Gasteiger partial charge in [0.25, 0.3) is 0 Å². The Kier molecular flexibility index (Phi) is 2.37. The molecule has 0 aliphatic heterocycles. The Morgan fingerprint density at radius 1 is 1.45 bits per heavy atom. The lowest BCUT2D eigenvalue weighted by atomic mass is 10.1. The Morgan fingerprint density at radius 2 is 2.09 bits per heavy atom. The number of hydrogen-bond donors (Lipinski definition) is 2. The third-order valence-electron chi connectivity index (χ3n) is 1.43. The highest BCUT2D eigenvalue weighted by atomic mass is 35.5. The molecule has 1 aromatic rings. The van der Waals surface area contributed by atoms with Crippen molar-refractivity contribution in [3.8, 4) is 5.75 Å². The number of phenols is 1. The molecule has 0 aliphatic rings. The van der Waals surface area contributed by atoms with Crippen molar-refractivity contribution in [3.63, 3.8) is 0 Å². The van der Waals surface area contributed by atoms with Crippen molar-refractivity contribution < 1.29 is 10.2 Å². The maximum atomic E-state index is 9.13. The van der Waals surface area contributed by atoms with Crippen molar-refractivity contribution >= 4 is 11.6 Å². The monoisotopic (exact) mass is 172 g/mol. The summed E-state index contributed by atoms with van der Waals surface area (Å²) in [7, 11) is 0. The maximum Gasteiger partial charge on any atom is 0.117 e. The second kappa shape index (κ2) is 3.11. The third kappa shape index (κ3) is 1.85. The zero-order chi connectivity index (χ0) is 8.43. The molecule has 2 N–H and O–H groups in total. The molecule has 0 saturated carbocycles. The van der Waals surface area contributed by atoms with Gasteiger partial charge in [0.1, 0.15) is 5.75 Å². The van der Waals surface area contributed by atoms with Gasteiger partial charge in [-0.2, -0.15) is 0 Å². The first-order valence-electron chi connectivity index (χ1n) is 3.27. The predicted octanol–water partition coefficient (Wildman–Crippen LogP) is 2.10. The quantitative estimate of drug-likeness (QED) is 0.681. The van der Waals surface area contributed by atoms with Crippen LogP contribution in [0.25, 0.3) is 0 Å². The summed E-state index contributed by atoms with van der Waals surface area (Å²) in [5, 5.41) is 18.5. The largest absolute Gasteiger partial charge is 0.508 e. The molecule has 1 unspecified atom stereocenters. The highest BCUT2D eigenvalue weighted by Gasteiger charge is 2.05. The Balaban J connectivity index is 3.09. The van der Waals surface area contributed by atoms with E-state index < -0.39 is 6.10 Å². The number of phenolic OH excluding ortho intramolecular Hbond substituents is 1. The normalized spacial score (nSPS) is 13.0. The summed E-state index contributed by atoms with van der Waals surface area (Å²) in [5.74, 6) is 0.111. The van der Waals surface area contributed by atoms with Crippen molar-refractivity contribution in [2.45, 2.75) is 13.0 Å². The van der Waals surface area contributed by atoms with Gasteiger partial charge in [0.2, 0.25) is 0 Å². The van der Waals surface area contributed by atoms with Gasteiger partial charge in [0.15, 0.2) is 0 Å². The van der Waals surface area contributed by atoms with Gasteiger partial charge in [-0.15, -0.1) is 0 Å².